The number of halogens is 2. The lowest BCUT2D eigenvalue weighted by molar-refractivity contribution is 0.00478. The second-order valence-electron chi connectivity index (χ2n) is 5.74. The normalized spacial score (nSPS) is 20.2. The molecule has 7 heteroatoms. The molecule has 1 aliphatic rings. The molecule has 0 radical (unpaired) electrons. The summed E-state index contributed by atoms with van der Waals surface area (Å²) in [5.41, 5.74) is 1.45. The molecule has 2 heterocycles. The van der Waals surface area contributed by atoms with E-state index in [9.17, 15) is 13.6 Å². The van der Waals surface area contributed by atoms with Crippen molar-refractivity contribution >= 4 is 17.4 Å². The van der Waals surface area contributed by atoms with Crippen molar-refractivity contribution in [2.24, 2.45) is 5.92 Å². The van der Waals surface area contributed by atoms with Gasteiger partial charge in [-0.15, -0.1) is 0 Å². The topological polar surface area (TPSA) is 58.4 Å². The third kappa shape index (κ3) is 3.52. The molecule has 2 amide bonds. The van der Waals surface area contributed by atoms with Crippen molar-refractivity contribution in [3.8, 4) is 0 Å². The Hall–Kier alpha value is -2.18. The van der Waals surface area contributed by atoms with Crippen LogP contribution in [0.15, 0.2) is 30.7 Å². The van der Waals surface area contributed by atoms with E-state index in [4.69, 9.17) is 0 Å². The van der Waals surface area contributed by atoms with Gasteiger partial charge in [-0.05, 0) is 30.9 Å². The Morgan fingerprint density at radius 3 is 3.09 bits per heavy atom. The number of alkyl halides is 2. The molecule has 2 aromatic rings. The van der Waals surface area contributed by atoms with Crippen LogP contribution in [-0.2, 0) is 0 Å². The van der Waals surface area contributed by atoms with Crippen LogP contribution in [0.5, 0.6) is 0 Å². The van der Waals surface area contributed by atoms with Gasteiger partial charge in [-0.25, -0.2) is 18.6 Å². The van der Waals surface area contributed by atoms with Crippen molar-refractivity contribution in [2.45, 2.75) is 31.6 Å². The van der Waals surface area contributed by atoms with Crippen molar-refractivity contribution in [1.82, 2.24) is 14.7 Å². The fraction of sp³-hybridized carbons (Fsp3) is 0.467. The summed E-state index contributed by atoms with van der Waals surface area (Å²) in [4.78, 5) is 15.9. The number of imidazole rings is 1. The summed E-state index contributed by atoms with van der Waals surface area (Å²) in [5.74, 6) is -2.52. The Bertz CT molecular complexity index is 670. The average molecular weight is 308 g/mol. The van der Waals surface area contributed by atoms with E-state index in [1.54, 1.807) is 35.1 Å². The monoisotopic (exact) mass is 308 g/mol. The molecule has 3 rings (SSSR count). The van der Waals surface area contributed by atoms with Gasteiger partial charge in [-0.1, -0.05) is 0 Å². The maximum absolute atomic E-state index is 13.1. The zero-order valence-corrected chi connectivity index (χ0v) is 12.1. The molecule has 2 N–H and O–H groups in total. The zero-order valence-electron chi connectivity index (χ0n) is 12.1. The number of nitrogens with one attached hydrogen (secondary N) is 2. The summed E-state index contributed by atoms with van der Waals surface area (Å²) in [6.45, 7) is 0.403. The Morgan fingerprint density at radius 1 is 1.45 bits per heavy atom. The Balaban J connectivity index is 1.44. The summed E-state index contributed by atoms with van der Waals surface area (Å²) in [5, 5.41) is 5.43. The van der Waals surface area contributed by atoms with Gasteiger partial charge in [0.1, 0.15) is 5.65 Å². The molecule has 2 aromatic heterocycles. The zero-order chi connectivity index (χ0) is 15.6. The van der Waals surface area contributed by atoms with E-state index in [1.165, 1.54) is 0 Å². The smallest absolute Gasteiger partial charge is 0.319 e. The maximum atomic E-state index is 13.1. The fourth-order valence-electron chi connectivity index (χ4n) is 2.85. The third-order valence-electron chi connectivity index (χ3n) is 3.99. The molecule has 0 aromatic carbocycles. The number of pyridine rings is 1. The minimum atomic E-state index is -2.52. The predicted octanol–water partition coefficient (Wildman–Crippen LogP) is 3.28. The van der Waals surface area contributed by atoms with Gasteiger partial charge in [0.05, 0.1) is 5.69 Å². The SMILES string of the molecule is O=C(NCCC1CCC(F)(F)C1)Nc1ccc2nccn2c1. The molecule has 118 valence electrons. The number of carbonyl (C=O) groups excluding carboxylic acids is 1. The van der Waals surface area contributed by atoms with Gasteiger partial charge in [-0.2, -0.15) is 0 Å². The highest BCUT2D eigenvalue weighted by atomic mass is 19.3. The predicted molar refractivity (Wildman–Crippen MR) is 79.1 cm³/mol. The highest BCUT2D eigenvalue weighted by molar-refractivity contribution is 5.89. The molecule has 1 unspecified atom stereocenters. The minimum absolute atomic E-state index is 0.00222. The number of hydrogen-bond acceptors (Lipinski definition) is 2. The maximum Gasteiger partial charge on any atom is 0.319 e. The van der Waals surface area contributed by atoms with Crippen molar-refractivity contribution in [1.29, 1.82) is 0 Å². The standard InChI is InChI=1S/C15H18F2N4O/c16-15(17)5-3-11(9-15)4-6-19-14(22)20-12-1-2-13-18-7-8-21(13)10-12/h1-2,7-8,10-11H,3-6,9H2,(H2,19,20,22). The van der Waals surface area contributed by atoms with E-state index >= 15 is 0 Å². The van der Waals surface area contributed by atoms with Crippen LogP contribution < -0.4 is 10.6 Å². The summed E-state index contributed by atoms with van der Waals surface area (Å²) in [7, 11) is 0. The summed E-state index contributed by atoms with van der Waals surface area (Å²) in [6, 6.07) is 3.24. The average Bonchev–Trinajstić information content (AvgIpc) is 3.04. The van der Waals surface area contributed by atoms with Gasteiger partial charge in [-0.3, -0.25) is 0 Å². The van der Waals surface area contributed by atoms with Crippen molar-refractivity contribution in [2.75, 3.05) is 11.9 Å². The minimum Gasteiger partial charge on any atom is -0.338 e. The molecule has 0 saturated heterocycles. The number of nitrogens with zero attached hydrogens (tertiary/aromatic N) is 2. The van der Waals surface area contributed by atoms with Gasteiger partial charge in [0, 0.05) is 38.0 Å². The van der Waals surface area contributed by atoms with Crippen LogP contribution in [0.1, 0.15) is 25.7 Å². The number of aromatic nitrogens is 2. The first kappa shape index (κ1) is 14.7. The highest BCUT2D eigenvalue weighted by Crippen LogP contribution is 2.40. The van der Waals surface area contributed by atoms with Crippen LogP contribution in [0.3, 0.4) is 0 Å². The summed E-state index contributed by atoms with van der Waals surface area (Å²) >= 11 is 0. The Morgan fingerprint density at radius 2 is 2.32 bits per heavy atom. The lowest BCUT2D eigenvalue weighted by atomic mass is 10.0. The second kappa shape index (κ2) is 5.90. The van der Waals surface area contributed by atoms with E-state index in [2.05, 4.69) is 15.6 Å². The van der Waals surface area contributed by atoms with Gasteiger partial charge >= 0.3 is 6.03 Å². The van der Waals surface area contributed by atoms with Crippen molar-refractivity contribution < 1.29 is 13.6 Å². The molecule has 5 nitrogen and oxygen atoms in total. The number of hydrogen-bond donors (Lipinski definition) is 2. The molecule has 0 bridgehead atoms. The van der Waals surface area contributed by atoms with Gasteiger partial charge < -0.3 is 15.0 Å². The third-order valence-corrected chi connectivity index (χ3v) is 3.99. The quantitative estimate of drug-likeness (QED) is 0.910. The fourth-order valence-corrected chi connectivity index (χ4v) is 2.85. The Labute approximate surface area is 126 Å². The van der Waals surface area contributed by atoms with E-state index in [1.807, 2.05) is 0 Å². The molecular formula is C15H18F2N4O. The van der Waals surface area contributed by atoms with Crippen molar-refractivity contribution in [3.63, 3.8) is 0 Å². The van der Waals surface area contributed by atoms with Crippen LogP contribution in [-0.4, -0.2) is 27.9 Å². The van der Waals surface area contributed by atoms with Crippen LogP contribution in [0, 0.1) is 5.92 Å². The molecule has 22 heavy (non-hydrogen) atoms. The first-order valence-corrected chi connectivity index (χ1v) is 7.37. The van der Waals surface area contributed by atoms with E-state index in [0.29, 0.717) is 25.1 Å². The van der Waals surface area contributed by atoms with Gasteiger partial charge in [0.15, 0.2) is 0 Å². The van der Waals surface area contributed by atoms with E-state index in [-0.39, 0.29) is 24.8 Å². The Kier molecular flexibility index (Phi) is 3.96. The number of urea groups is 1. The van der Waals surface area contributed by atoms with Crippen LogP contribution >= 0.6 is 0 Å². The number of carbonyl (C=O) groups is 1. The van der Waals surface area contributed by atoms with Crippen molar-refractivity contribution in [3.05, 3.63) is 30.7 Å². The molecule has 1 aliphatic carbocycles. The van der Waals surface area contributed by atoms with E-state index < -0.39 is 5.92 Å². The summed E-state index contributed by atoms with van der Waals surface area (Å²) < 4.78 is 27.9. The first-order chi connectivity index (χ1) is 10.5. The summed E-state index contributed by atoms with van der Waals surface area (Å²) in [6.07, 6.45) is 6.26. The van der Waals surface area contributed by atoms with E-state index in [0.717, 1.165) is 5.65 Å². The van der Waals surface area contributed by atoms with Crippen LogP contribution in [0.25, 0.3) is 5.65 Å². The van der Waals surface area contributed by atoms with Crippen LogP contribution in [0.4, 0.5) is 19.3 Å². The molecule has 0 aliphatic heterocycles. The molecule has 1 saturated carbocycles. The lowest BCUT2D eigenvalue weighted by Gasteiger charge is -2.12. The first-order valence-electron chi connectivity index (χ1n) is 7.37. The van der Waals surface area contributed by atoms with Crippen LogP contribution in [0.2, 0.25) is 0 Å². The number of amides is 2. The second-order valence-corrected chi connectivity index (χ2v) is 5.74. The molecule has 0 spiro atoms. The van der Waals surface area contributed by atoms with Gasteiger partial charge in [0.25, 0.3) is 0 Å². The number of rotatable bonds is 4. The largest absolute Gasteiger partial charge is 0.338 e. The molecule has 1 atom stereocenters. The number of fused-ring (bicyclic) bond motifs is 1. The molecule has 1 fully saturated rings. The highest BCUT2D eigenvalue weighted by Gasteiger charge is 2.38. The lowest BCUT2D eigenvalue weighted by Crippen LogP contribution is -2.30. The van der Waals surface area contributed by atoms with Gasteiger partial charge in [0.2, 0.25) is 5.92 Å². The molecular weight excluding hydrogens is 290 g/mol. The number of anilines is 1.